The lowest BCUT2D eigenvalue weighted by molar-refractivity contribution is 0.114. The van der Waals surface area contributed by atoms with Gasteiger partial charge in [0.2, 0.25) is 0 Å². The summed E-state index contributed by atoms with van der Waals surface area (Å²) in [6, 6.07) is 15.9. The van der Waals surface area contributed by atoms with E-state index in [9.17, 15) is 0 Å². The fourth-order valence-electron chi connectivity index (χ4n) is 3.41. The van der Waals surface area contributed by atoms with E-state index in [1.54, 1.807) is 7.11 Å². The predicted molar refractivity (Wildman–Crippen MR) is 100 cm³/mol. The molecule has 0 radical (unpaired) electrons. The number of nitrogens with zero attached hydrogens (tertiary/aromatic N) is 4. The number of ether oxygens (including phenoxy) is 2. The molecule has 1 fully saturated rings. The first kappa shape index (κ1) is 16.8. The molecule has 0 aliphatic carbocycles. The van der Waals surface area contributed by atoms with Gasteiger partial charge in [0.1, 0.15) is 17.0 Å². The molecule has 0 spiro atoms. The first-order valence-corrected chi connectivity index (χ1v) is 9.09. The van der Waals surface area contributed by atoms with Gasteiger partial charge in [0, 0.05) is 19.2 Å². The van der Waals surface area contributed by atoms with Gasteiger partial charge in [-0.3, -0.25) is 4.90 Å². The van der Waals surface area contributed by atoms with Gasteiger partial charge in [0.15, 0.2) is 0 Å². The van der Waals surface area contributed by atoms with Crippen LogP contribution in [0.15, 0.2) is 48.5 Å². The van der Waals surface area contributed by atoms with Crippen LogP contribution in [0.3, 0.4) is 0 Å². The van der Waals surface area contributed by atoms with Crippen molar-refractivity contribution < 1.29 is 9.47 Å². The van der Waals surface area contributed by atoms with Crippen molar-refractivity contribution >= 4 is 11.0 Å². The van der Waals surface area contributed by atoms with E-state index >= 15 is 0 Å². The standard InChI is InChI=1S/C20H24N4O2/c1-25-17-5-4-6-18(13-17)26-14-16-9-11-23(12-10-16)15-24-20-8-3-2-7-19(20)21-22-24/h2-8,13,16H,9-12,14-15H2,1H3. The first-order chi connectivity index (χ1) is 12.8. The van der Waals surface area contributed by atoms with E-state index in [0.29, 0.717) is 5.92 Å². The van der Waals surface area contributed by atoms with E-state index in [2.05, 4.69) is 21.3 Å². The zero-order valence-electron chi connectivity index (χ0n) is 15.0. The molecule has 0 unspecified atom stereocenters. The highest BCUT2D eigenvalue weighted by atomic mass is 16.5. The maximum Gasteiger partial charge on any atom is 0.122 e. The van der Waals surface area contributed by atoms with Gasteiger partial charge < -0.3 is 9.47 Å². The molecule has 0 atom stereocenters. The van der Waals surface area contributed by atoms with Gasteiger partial charge in [-0.15, -0.1) is 5.10 Å². The van der Waals surface area contributed by atoms with Crippen molar-refractivity contribution in [3.05, 3.63) is 48.5 Å². The Hall–Kier alpha value is -2.60. The maximum atomic E-state index is 5.96. The predicted octanol–water partition coefficient (Wildman–Crippen LogP) is 3.19. The molecule has 1 saturated heterocycles. The molecule has 136 valence electrons. The number of methoxy groups -OCH3 is 1. The lowest BCUT2D eigenvalue weighted by Gasteiger charge is -2.31. The fourth-order valence-corrected chi connectivity index (χ4v) is 3.41. The summed E-state index contributed by atoms with van der Waals surface area (Å²) in [5, 5.41) is 8.52. The second-order valence-corrected chi connectivity index (χ2v) is 6.77. The summed E-state index contributed by atoms with van der Waals surface area (Å²) in [5.41, 5.74) is 2.05. The number of likely N-dealkylation sites (tertiary alicyclic amines) is 1. The summed E-state index contributed by atoms with van der Waals surface area (Å²) in [5.74, 6) is 2.29. The number of hydrogen-bond acceptors (Lipinski definition) is 5. The minimum absolute atomic E-state index is 0.588. The number of para-hydroxylation sites is 1. The van der Waals surface area contributed by atoms with Crippen LogP contribution in [0.1, 0.15) is 12.8 Å². The molecule has 0 saturated carbocycles. The zero-order chi connectivity index (χ0) is 17.8. The highest BCUT2D eigenvalue weighted by molar-refractivity contribution is 5.73. The Morgan fingerprint density at radius 1 is 1.04 bits per heavy atom. The highest BCUT2D eigenvalue weighted by Crippen LogP contribution is 2.23. The molecule has 0 bridgehead atoms. The molecule has 1 aliphatic heterocycles. The van der Waals surface area contributed by atoms with Gasteiger partial charge in [0.25, 0.3) is 0 Å². The Morgan fingerprint density at radius 2 is 1.85 bits per heavy atom. The van der Waals surface area contributed by atoms with Crippen LogP contribution in [0.25, 0.3) is 11.0 Å². The van der Waals surface area contributed by atoms with E-state index in [-0.39, 0.29) is 0 Å². The van der Waals surface area contributed by atoms with Crippen molar-refractivity contribution in [3.63, 3.8) is 0 Å². The van der Waals surface area contributed by atoms with Gasteiger partial charge in [0.05, 0.1) is 25.9 Å². The molecule has 2 aromatic carbocycles. The van der Waals surface area contributed by atoms with Crippen molar-refractivity contribution in [1.82, 2.24) is 19.9 Å². The molecule has 2 heterocycles. The smallest absolute Gasteiger partial charge is 0.122 e. The second kappa shape index (κ2) is 7.74. The van der Waals surface area contributed by atoms with Gasteiger partial charge in [-0.25, -0.2) is 4.68 Å². The van der Waals surface area contributed by atoms with Crippen LogP contribution in [-0.4, -0.2) is 46.7 Å². The van der Waals surface area contributed by atoms with Crippen molar-refractivity contribution in [1.29, 1.82) is 0 Å². The summed E-state index contributed by atoms with van der Waals surface area (Å²) in [6.45, 7) is 3.66. The quantitative estimate of drug-likeness (QED) is 0.682. The van der Waals surface area contributed by atoms with E-state index in [1.165, 1.54) is 0 Å². The van der Waals surface area contributed by atoms with Crippen molar-refractivity contribution in [2.45, 2.75) is 19.5 Å². The average Bonchev–Trinajstić information content (AvgIpc) is 3.11. The molecule has 0 amide bonds. The molecule has 0 N–H and O–H groups in total. The number of piperidine rings is 1. The van der Waals surface area contributed by atoms with E-state index < -0.39 is 0 Å². The van der Waals surface area contributed by atoms with Crippen LogP contribution in [-0.2, 0) is 6.67 Å². The van der Waals surface area contributed by atoms with Crippen molar-refractivity contribution in [2.24, 2.45) is 5.92 Å². The monoisotopic (exact) mass is 352 g/mol. The van der Waals surface area contributed by atoms with Crippen LogP contribution >= 0.6 is 0 Å². The number of hydrogen-bond donors (Lipinski definition) is 0. The van der Waals surface area contributed by atoms with Crippen LogP contribution in [0, 0.1) is 5.92 Å². The minimum atomic E-state index is 0.588. The zero-order valence-corrected chi connectivity index (χ0v) is 15.0. The van der Waals surface area contributed by atoms with E-state index in [1.807, 2.05) is 47.1 Å². The first-order valence-electron chi connectivity index (χ1n) is 9.09. The van der Waals surface area contributed by atoms with Gasteiger partial charge in [-0.05, 0) is 43.0 Å². The van der Waals surface area contributed by atoms with Gasteiger partial charge >= 0.3 is 0 Å². The third kappa shape index (κ3) is 3.80. The molecule has 1 aliphatic rings. The Balaban J connectivity index is 1.27. The molecular formula is C20H24N4O2. The van der Waals surface area contributed by atoms with Crippen LogP contribution in [0.4, 0.5) is 0 Å². The Kier molecular flexibility index (Phi) is 5.02. The summed E-state index contributed by atoms with van der Waals surface area (Å²) in [4.78, 5) is 2.43. The molecular weight excluding hydrogens is 328 g/mol. The third-order valence-electron chi connectivity index (χ3n) is 4.99. The van der Waals surface area contributed by atoms with E-state index in [0.717, 1.165) is 61.7 Å². The summed E-state index contributed by atoms with van der Waals surface area (Å²) in [7, 11) is 1.67. The van der Waals surface area contributed by atoms with Crippen molar-refractivity contribution in [3.8, 4) is 11.5 Å². The number of aromatic nitrogens is 3. The van der Waals surface area contributed by atoms with Crippen LogP contribution in [0.2, 0.25) is 0 Å². The fraction of sp³-hybridized carbons (Fsp3) is 0.400. The van der Waals surface area contributed by atoms with Crippen LogP contribution in [0.5, 0.6) is 11.5 Å². The normalized spacial score (nSPS) is 16.0. The van der Waals surface area contributed by atoms with E-state index in [4.69, 9.17) is 9.47 Å². The Bertz CT molecular complexity index is 856. The third-order valence-corrected chi connectivity index (χ3v) is 4.99. The van der Waals surface area contributed by atoms with Crippen LogP contribution < -0.4 is 9.47 Å². The molecule has 26 heavy (non-hydrogen) atoms. The topological polar surface area (TPSA) is 52.4 Å². The summed E-state index contributed by atoms with van der Waals surface area (Å²) in [6.07, 6.45) is 2.27. The second-order valence-electron chi connectivity index (χ2n) is 6.77. The lowest BCUT2D eigenvalue weighted by Crippen LogP contribution is -2.37. The highest BCUT2D eigenvalue weighted by Gasteiger charge is 2.20. The molecule has 6 heteroatoms. The van der Waals surface area contributed by atoms with Gasteiger partial charge in [-0.2, -0.15) is 0 Å². The molecule has 3 aromatic rings. The minimum Gasteiger partial charge on any atom is -0.497 e. The molecule has 4 rings (SSSR count). The Morgan fingerprint density at radius 3 is 2.69 bits per heavy atom. The lowest BCUT2D eigenvalue weighted by atomic mass is 9.98. The largest absolute Gasteiger partial charge is 0.497 e. The number of benzene rings is 2. The SMILES string of the molecule is COc1cccc(OCC2CCN(Cn3nnc4ccccc43)CC2)c1. The summed E-state index contributed by atoms with van der Waals surface area (Å²) < 4.78 is 13.2. The number of fused-ring (bicyclic) bond motifs is 1. The number of rotatable bonds is 6. The molecule has 1 aromatic heterocycles. The van der Waals surface area contributed by atoms with Gasteiger partial charge in [-0.1, -0.05) is 23.4 Å². The van der Waals surface area contributed by atoms with Crippen molar-refractivity contribution in [2.75, 3.05) is 26.8 Å². The summed E-state index contributed by atoms with van der Waals surface area (Å²) >= 11 is 0. The molecule has 6 nitrogen and oxygen atoms in total. The Labute approximate surface area is 153 Å². The maximum absolute atomic E-state index is 5.96. The average molecular weight is 352 g/mol.